The highest BCUT2D eigenvalue weighted by atomic mass is 19.1. The van der Waals surface area contributed by atoms with Gasteiger partial charge in [-0.1, -0.05) is 12.1 Å². The van der Waals surface area contributed by atoms with Crippen LogP contribution in [0, 0.1) is 5.82 Å². The molecule has 5 nitrogen and oxygen atoms in total. The molecule has 6 heteroatoms. The fourth-order valence-corrected chi connectivity index (χ4v) is 2.72. The van der Waals surface area contributed by atoms with Crippen molar-refractivity contribution in [2.24, 2.45) is 0 Å². The number of halogens is 1. The number of carbonyl (C=O) groups is 1. The van der Waals surface area contributed by atoms with Crippen molar-refractivity contribution in [1.29, 1.82) is 0 Å². The highest BCUT2D eigenvalue weighted by Gasteiger charge is 2.20. The highest BCUT2D eigenvalue weighted by Crippen LogP contribution is 2.27. The third-order valence-electron chi connectivity index (χ3n) is 3.99. The Hall–Kier alpha value is -3.54. The van der Waals surface area contributed by atoms with Crippen LogP contribution in [0.1, 0.15) is 15.9 Å². The Labute approximate surface area is 141 Å². The second-order valence-electron chi connectivity index (χ2n) is 5.53. The van der Waals surface area contributed by atoms with Crippen LogP contribution in [0.4, 0.5) is 4.39 Å². The van der Waals surface area contributed by atoms with Gasteiger partial charge in [0.25, 0.3) is 0 Å². The van der Waals surface area contributed by atoms with Crippen LogP contribution in [0.15, 0.2) is 61.2 Å². The maximum Gasteiger partial charge on any atom is 0.198 e. The molecule has 3 aromatic heterocycles. The lowest BCUT2D eigenvalue weighted by atomic mass is 10.0. The molecule has 2 N–H and O–H groups in total. The third-order valence-corrected chi connectivity index (χ3v) is 3.99. The Bertz CT molecular complexity index is 1090. The Morgan fingerprint density at radius 1 is 1.08 bits per heavy atom. The number of carbonyl (C=O) groups excluding carboxylic acids is 1. The first-order valence-electron chi connectivity index (χ1n) is 7.55. The van der Waals surface area contributed by atoms with Crippen LogP contribution in [0.3, 0.4) is 0 Å². The third kappa shape index (κ3) is 2.53. The molecule has 4 rings (SSSR count). The summed E-state index contributed by atoms with van der Waals surface area (Å²) in [5.74, 6) is -2.01. The molecule has 0 unspecified atom stereocenters. The van der Waals surface area contributed by atoms with Gasteiger partial charge in [0.1, 0.15) is 5.65 Å². The topological polar surface area (TPSA) is 78.9 Å². The number of hydrogen-bond acceptors (Lipinski definition) is 4. The Balaban J connectivity index is 1.85. The molecule has 0 bridgehead atoms. The number of fused-ring (bicyclic) bond motifs is 1. The summed E-state index contributed by atoms with van der Waals surface area (Å²) in [5.41, 5.74) is 2.28. The zero-order valence-electron chi connectivity index (χ0n) is 12.9. The largest absolute Gasteiger partial charge is 0.505 e. The summed E-state index contributed by atoms with van der Waals surface area (Å²) in [6, 6.07) is 9.48. The maximum atomic E-state index is 14.1. The van der Waals surface area contributed by atoms with E-state index in [0.717, 1.165) is 11.1 Å². The fourth-order valence-electron chi connectivity index (χ4n) is 2.72. The van der Waals surface area contributed by atoms with Gasteiger partial charge >= 0.3 is 0 Å². The van der Waals surface area contributed by atoms with Crippen LogP contribution in [0.2, 0.25) is 0 Å². The van der Waals surface area contributed by atoms with E-state index in [1.807, 2.05) is 18.2 Å². The van der Waals surface area contributed by atoms with E-state index in [-0.39, 0.29) is 11.1 Å². The summed E-state index contributed by atoms with van der Waals surface area (Å²) in [6.45, 7) is 0. The summed E-state index contributed by atoms with van der Waals surface area (Å²) >= 11 is 0. The fraction of sp³-hybridized carbons (Fsp3) is 0. The smallest absolute Gasteiger partial charge is 0.198 e. The first-order valence-corrected chi connectivity index (χ1v) is 7.55. The average Bonchev–Trinajstić information content (AvgIpc) is 3.07. The number of nitrogens with zero attached hydrogens (tertiary/aromatic N) is 2. The van der Waals surface area contributed by atoms with Gasteiger partial charge < -0.3 is 10.1 Å². The van der Waals surface area contributed by atoms with Gasteiger partial charge in [-0.2, -0.15) is 0 Å². The van der Waals surface area contributed by atoms with Crippen molar-refractivity contribution in [3.05, 3.63) is 78.1 Å². The van der Waals surface area contributed by atoms with E-state index >= 15 is 0 Å². The molecule has 3 heterocycles. The number of pyridine rings is 2. The van der Waals surface area contributed by atoms with Gasteiger partial charge in [-0.05, 0) is 24.3 Å². The summed E-state index contributed by atoms with van der Waals surface area (Å²) in [7, 11) is 0. The van der Waals surface area contributed by atoms with Crippen LogP contribution < -0.4 is 0 Å². The van der Waals surface area contributed by atoms with Crippen molar-refractivity contribution in [3.63, 3.8) is 0 Å². The Kier molecular flexibility index (Phi) is 3.50. The molecule has 4 aromatic rings. The van der Waals surface area contributed by atoms with E-state index in [2.05, 4.69) is 15.0 Å². The molecule has 1 aromatic carbocycles. The van der Waals surface area contributed by atoms with Gasteiger partial charge in [-0.3, -0.25) is 9.78 Å². The summed E-state index contributed by atoms with van der Waals surface area (Å²) in [5, 5.41) is 10.1. The first-order chi connectivity index (χ1) is 12.1. The van der Waals surface area contributed by atoms with Crippen molar-refractivity contribution < 1.29 is 14.3 Å². The summed E-state index contributed by atoms with van der Waals surface area (Å²) in [6.07, 6.45) is 6.55. The number of aromatic amines is 1. The first kappa shape index (κ1) is 15.0. The number of rotatable bonds is 3. The van der Waals surface area contributed by atoms with E-state index in [0.29, 0.717) is 11.0 Å². The molecule has 0 radical (unpaired) electrons. The van der Waals surface area contributed by atoms with E-state index in [4.69, 9.17) is 0 Å². The predicted molar refractivity (Wildman–Crippen MR) is 90.8 cm³/mol. The normalized spacial score (nSPS) is 10.9. The van der Waals surface area contributed by atoms with Crippen LogP contribution in [-0.2, 0) is 0 Å². The monoisotopic (exact) mass is 333 g/mol. The van der Waals surface area contributed by atoms with Crippen molar-refractivity contribution in [3.8, 4) is 16.9 Å². The van der Waals surface area contributed by atoms with Crippen molar-refractivity contribution in [1.82, 2.24) is 15.0 Å². The molecular formula is C19H12FN3O2. The number of H-pyrrole nitrogens is 1. The van der Waals surface area contributed by atoms with Gasteiger partial charge in [0.05, 0.1) is 5.56 Å². The van der Waals surface area contributed by atoms with Crippen LogP contribution in [-0.4, -0.2) is 25.8 Å². The lowest BCUT2D eigenvalue weighted by molar-refractivity contribution is 0.103. The minimum Gasteiger partial charge on any atom is -0.505 e. The average molecular weight is 333 g/mol. The number of phenolic OH excluding ortho intramolecular Hbond substituents is 1. The quantitative estimate of drug-likeness (QED) is 0.560. The highest BCUT2D eigenvalue weighted by molar-refractivity contribution is 6.16. The molecule has 0 fully saturated rings. The summed E-state index contributed by atoms with van der Waals surface area (Å²) < 4.78 is 14.1. The number of nitrogens with one attached hydrogen (secondary N) is 1. The van der Waals surface area contributed by atoms with Crippen LogP contribution in [0.5, 0.6) is 5.75 Å². The predicted octanol–water partition coefficient (Wildman–Crippen LogP) is 3.70. The van der Waals surface area contributed by atoms with Crippen molar-refractivity contribution >= 4 is 16.8 Å². The number of hydrogen-bond donors (Lipinski definition) is 2. The maximum absolute atomic E-state index is 14.1. The van der Waals surface area contributed by atoms with E-state index in [9.17, 15) is 14.3 Å². The summed E-state index contributed by atoms with van der Waals surface area (Å²) in [4.78, 5) is 24.0. The number of benzene rings is 1. The standard InChI is InChI=1S/C19H12FN3O2/c20-17-13(4-1-5-16(17)24)18(25)15-10-23-19-14(15)7-12(9-22-19)11-3-2-6-21-8-11/h1-10,24H,(H,22,23). The minimum atomic E-state index is -0.932. The molecule has 0 atom stereocenters. The van der Waals surface area contributed by atoms with Gasteiger partial charge in [0.2, 0.25) is 0 Å². The molecule has 122 valence electrons. The molecule has 0 aliphatic heterocycles. The zero-order chi connectivity index (χ0) is 17.4. The second kappa shape index (κ2) is 5.83. The SMILES string of the molecule is O=C(c1cccc(O)c1F)c1c[nH]c2ncc(-c3cccnc3)cc12. The Morgan fingerprint density at radius 3 is 2.76 bits per heavy atom. The number of phenols is 1. The number of aromatic hydroxyl groups is 1. The van der Waals surface area contributed by atoms with Crippen LogP contribution >= 0.6 is 0 Å². The van der Waals surface area contributed by atoms with Gasteiger partial charge in [-0.15, -0.1) is 0 Å². The van der Waals surface area contributed by atoms with Gasteiger partial charge in [0.15, 0.2) is 17.3 Å². The Morgan fingerprint density at radius 2 is 1.96 bits per heavy atom. The number of aromatic nitrogens is 3. The lowest BCUT2D eigenvalue weighted by Crippen LogP contribution is -2.03. The molecule has 0 aliphatic rings. The molecular weight excluding hydrogens is 321 g/mol. The van der Waals surface area contributed by atoms with Crippen LogP contribution in [0.25, 0.3) is 22.2 Å². The van der Waals surface area contributed by atoms with E-state index in [1.165, 1.54) is 24.4 Å². The van der Waals surface area contributed by atoms with Gasteiger partial charge in [0, 0.05) is 46.9 Å². The molecule has 25 heavy (non-hydrogen) atoms. The minimum absolute atomic E-state index is 0.187. The molecule has 0 saturated heterocycles. The molecule has 0 amide bonds. The second-order valence-corrected chi connectivity index (χ2v) is 5.53. The lowest BCUT2D eigenvalue weighted by Gasteiger charge is -2.04. The van der Waals surface area contributed by atoms with E-state index in [1.54, 1.807) is 18.6 Å². The molecule has 0 aliphatic carbocycles. The van der Waals surface area contributed by atoms with Crippen molar-refractivity contribution in [2.75, 3.05) is 0 Å². The zero-order valence-corrected chi connectivity index (χ0v) is 12.9. The molecule has 0 spiro atoms. The molecule has 0 saturated carbocycles. The van der Waals surface area contributed by atoms with E-state index < -0.39 is 17.3 Å². The van der Waals surface area contributed by atoms with Crippen molar-refractivity contribution in [2.45, 2.75) is 0 Å². The number of ketones is 1. The van der Waals surface area contributed by atoms with Gasteiger partial charge in [-0.25, -0.2) is 9.37 Å².